The Labute approximate surface area is 103 Å². The molecule has 1 aliphatic carbocycles. The van der Waals surface area contributed by atoms with Crippen molar-refractivity contribution in [2.24, 2.45) is 0 Å². The van der Waals surface area contributed by atoms with E-state index in [1.165, 1.54) is 0 Å². The Morgan fingerprint density at radius 3 is 2.71 bits per heavy atom. The SMILES string of the molecule is CNC1CCC(OCC(=O)NCCC#N)CC1. The third-order valence-electron chi connectivity index (χ3n) is 3.09. The van der Waals surface area contributed by atoms with E-state index in [4.69, 9.17) is 10.00 Å². The summed E-state index contributed by atoms with van der Waals surface area (Å²) >= 11 is 0. The summed E-state index contributed by atoms with van der Waals surface area (Å²) in [5, 5.41) is 14.2. The van der Waals surface area contributed by atoms with Gasteiger partial charge in [0.25, 0.3) is 0 Å². The molecule has 0 saturated heterocycles. The molecule has 0 bridgehead atoms. The monoisotopic (exact) mass is 239 g/mol. The van der Waals surface area contributed by atoms with E-state index in [9.17, 15) is 4.79 Å². The maximum absolute atomic E-state index is 11.3. The predicted octanol–water partition coefficient (Wildman–Crippen LogP) is 0.563. The van der Waals surface area contributed by atoms with Crippen LogP contribution >= 0.6 is 0 Å². The number of amides is 1. The first-order chi connectivity index (χ1) is 8.26. The van der Waals surface area contributed by atoms with Crippen molar-refractivity contribution in [3.05, 3.63) is 0 Å². The van der Waals surface area contributed by atoms with Crippen LogP contribution in [-0.2, 0) is 9.53 Å². The van der Waals surface area contributed by atoms with E-state index in [1.807, 2.05) is 13.1 Å². The molecule has 0 radical (unpaired) electrons. The second kappa shape index (κ2) is 8.04. The summed E-state index contributed by atoms with van der Waals surface area (Å²) in [7, 11) is 1.98. The Kier molecular flexibility index (Phi) is 6.60. The molecular weight excluding hydrogens is 218 g/mol. The minimum absolute atomic E-state index is 0.111. The lowest BCUT2D eigenvalue weighted by molar-refractivity contribution is -0.128. The molecule has 0 unspecified atom stereocenters. The van der Waals surface area contributed by atoms with Crippen LogP contribution in [0, 0.1) is 11.3 Å². The molecule has 0 spiro atoms. The van der Waals surface area contributed by atoms with Crippen molar-refractivity contribution < 1.29 is 9.53 Å². The van der Waals surface area contributed by atoms with Gasteiger partial charge in [0.15, 0.2) is 0 Å². The molecule has 2 N–H and O–H groups in total. The zero-order valence-electron chi connectivity index (χ0n) is 10.4. The van der Waals surface area contributed by atoms with Gasteiger partial charge in [0.05, 0.1) is 18.6 Å². The van der Waals surface area contributed by atoms with Gasteiger partial charge in [0, 0.05) is 12.6 Å². The van der Waals surface area contributed by atoms with E-state index < -0.39 is 0 Å². The first-order valence-electron chi connectivity index (χ1n) is 6.18. The highest BCUT2D eigenvalue weighted by atomic mass is 16.5. The van der Waals surface area contributed by atoms with Crippen LogP contribution in [0.4, 0.5) is 0 Å². The number of nitrogens with zero attached hydrogens (tertiary/aromatic N) is 1. The third kappa shape index (κ3) is 5.66. The lowest BCUT2D eigenvalue weighted by atomic mass is 9.93. The quantitative estimate of drug-likeness (QED) is 0.664. The lowest BCUT2D eigenvalue weighted by Gasteiger charge is -2.28. The first-order valence-corrected chi connectivity index (χ1v) is 6.18. The number of carbonyl (C=O) groups is 1. The summed E-state index contributed by atoms with van der Waals surface area (Å²) in [5.74, 6) is -0.129. The Bertz CT molecular complexity index is 267. The molecule has 5 heteroatoms. The molecule has 0 aromatic heterocycles. The smallest absolute Gasteiger partial charge is 0.246 e. The highest BCUT2D eigenvalue weighted by Gasteiger charge is 2.20. The van der Waals surface area contributed by atoms with Crippen molar-refractivity contribution in [3.63, 3.8) is 0 Å². The van der Waals surface area contributed by atoms with E-state index in [2.05, 4.69) is 10.6 Å². The molecule has 1 rings (SSSR count). The van der Waals surface area contributed by atoms with Crippen molar-refractivity contribution in [2.45, 2.75) is 44.2 Å². The molecule has 0 atom stereocenters. The van der Waals surface area contributed by atoms with E-state index >= 15 is 0 Å². The third-order valence-corrected chi connectivity index (χ3v) is 3.09. The van der Waals surface area contributed by atoms with Crippen molar-refractivity contribution in [1.82, 2.24) is 10.6 Å². The molecule has 1 fully saturated rings. The van der Waals surface area contributed by atoms with Crippen molar-refractivity contribution in [2.75, 3.05) is 20.2 Å². The van der Waals surface area contributed by atoms with Crippen LogP contribution in [0.2, 0.25) is 0 Å². The summed E-state index contributed by atoms with van der Waals surface area (Å²) in [6.07, 6.45) is 4.79. The zero-order valence-corrected chi connectivity index (χ0v) is 10.4. The number of nitriles is 1. The maximum Gasteiger partial charge on any atom is 0.246 e. The standard InChI is InChI=1S/C12H21N3O2/c1-14-10-3-5-11(6-4-10)17-9-12(16)15-8-2-7-13/h10-11,14H,2-6,8-9H2,1H3,(H,15,16). The van der Waals surface area contributed by atoms with Crippen LogP contribution in [0.5, 0.6) is 0 Å². The number of hydrogen-bond acceptors (Lipinski definition) is 4. The first kappa shape index (κ1) is 13.9. The molecular formula is C12H21N3O2. The lowest BCUT2D eigenvalue weighted by Crippen LogP contribution is -2.35. The number of nitrogens with one attached hydrogen (secondary N) is 2. The van der Waals surface area contributed by atoms with Gasteiger partial charge in [-0.3, -0.25) is 4.79 Å². The van der Waals surface area contributed by atoms with Crippen LogP contribution in [0.25, 0.3) is 0 Å². The Balaban J connectivity index is 2.07. The van der Waals surface area contributed by atoms with E-state index in [0.29, 0.717) is 19.0 Å². The second-order valence-corrected chi connectivity index (χ2v) is 4.33. The van der Waals surface area contributed by atoms with Crippen molar-refractivity contribution in [1.29, 1.82) is 5.26 Å². The summed E-state index contributed by atoms with van der Waals surface area (Å²) in [6, 6.07) is 2.57. The van der Waals surface area contributed by atoms with Gasteiger partial charge in [-0.15, -0.1) is 0 Å². The fraction of sp³-hybridized carbons (Fsp3) is 0.833. The van der Waals surface area contributed by atoms with E-state index in [-0.39, 0.29) is 18.6 Å². The molecule has 0 heterocycles. The maximum atomic E-state index is 11.3. The largest absolute Gasteiger partial charge is 0.368 e. The summed E-state index contributed by atoms with van der Waals surface area (Å²) in [6.45, 7) is 0.519. The predicted molar refractivity (Wildman–Crippen MR) is 64.3 cm³/mol. The molecule has 1 aliphatic rings. The fourth-order valence-electron chi connectivity index (χ4n) is 2.02. The highest BCUT2D eigenvalue weighted by Crippen LogP contribution is 2.20. The molecule has 96 valence electrons. The van der Waals surface area contributed by atoms with Crippen LogP contribution in [0.15, 0.2) is 0 Å². The van der Waals surface area contributed by atoms with Crippen LogP contribution in [0.3, 0.4) is 0 Å². The summed E-state index contributed by atoms with van der Waals surface area (Å²) in [5.41, 5.74) is 0. The summed E-state index contributed by atoms with van der Waals surface area (Å²) in [4.78, 5) is 11.3. The Morgan fingerprint density at radius 1 is 1.41 bits per heavy atom. The molecule has 1 amide bonds. The minimum atomic E-state index is -0.129. The van der Waals surface area contributed by atoms with E-state index in [1.54, 1.807) is 0 Å². The van der Waals surface area contributed by atoms with Gasteiger partial charge < -0.3 is 15.4 Å². The van der Waals surface area contributed by atoms with Gasteiger partial charge in [-0.25, -0.2) is 0 Å². The Morgan fingerprint density at radius 2 is 2.12 bits per heavy atom. The van der Waals surface area contributed by atoms with Crippen molar-refractivity contribution >= 4 is 5.91 Å². The fourth-order valence-corrected chi connectivity index (χ4v) is 2.02. The molecule has 5 nitrogen and oxygen atoms in total. The molecule has 0 aromatic carbocycles. The number of ether oxygens (including phenoxy) is 1. The second-order valence-electron chi connectivity index (χ2n) is 4.33. The van der Waals surface area contributed by atoms with Gasteiger partial charge in [0.1, 0.15) is 6.61 Å². The average molecular weight is 239 g/mol. The van der Waals surface area contributed by atoms with Crippen LogP contribution < -0.4 is 10.6 Å². The number of rotatable bonds is 6. The number of carbonyl (C=O) groups excluding carboxylic acids is 1. The molecule has 1 saturated carbocycles. The molecule has 17 heavy (non-hydrogen) atoms. The minimum Gasteiger partial charge on any atom is -0.368 e. The van der Waals surface area contributed by atoms with Crippen LogP contribution in [0.1, 0.15) is 32.1 Å². The van der Waals surface area contributed by atoms with Gasteiger partial charge >= 0.3 is 0 Å². The van der Waals surface area contributed by atoms with E-state index in [0.717, 1.165) is 25.7 Å². The van der Waals surface area contributed by atoms with Crippen LogP contribution in [-0.4, -0.2) is 38.3 Å². The summed E-state index contributed by atoms with van der Waals surface area (Å²) < 4.78 is 5.55. The average Bonchev–Trinajstić information content (AvgIpc) is 2.37. The molecule has 0 aliphatic heterocycles. The van der Waals surface area contributed by atoms with Gasteiger partial charge in [-0.05, 0) is 32.7 Å². The topological polar surface area (TPSA) is 74.2 Å². The molecule has 0 aromatic rings. The van der Waals surface area contributed by atoms with Gasteiger partial charge in [-0.2, -0.15) is 5.26 Å². The normalized spacial score (nSPS) is 24.0. The highest BCUT2D eigenvalue weighted by molar-refractivity contribution is 5.77. The van der Waals surface area contributed by atoms with Crippen molar-refractivity contribution in [3.8, 4) is 6.07 Å². The number of hydrogen-bond donors (Lipinski definition) is 2. The van der Waals surface area contributed by atoms with Gasteiger partial charge in [-0.1, -0.05) is 0 Å². The Hall–Kier alpha value is -1.12. The van der Waals surface area contributed by atoms with Gasteiger partial charge in [0.2, 0.25) is 5.91 Å². The zero-order chi connectivity index (χ0) is 12.5.